The van der Waals surface area contributed by atoms with Crippen molar-refractivity contribution in [2.45, 2.75) is 32.5 Å². The van der Waals surface area contributed by atoms with Gasteiger partial charge in [-0.2, -0.15) is 13.2 Å². The predicted molar refractivity (Wildman–Crippen MR) is 91.0 cm³/mol. The minimum absolute atomic E-state index is 0.00742. The van der Waals surface area contributed by atoms with Gasteiger partial charge < -0.3 is 10.1 Å². The number of alkyl halides is 3. The van der Waals surface area contributed by atoms with Crippen molar-refractivity contribution in [1.82, 2.24) is 0 Å². The largest absolute Gasteiger partial charge is 0.481 e. The van der Waals surface area contributed by atoms with Gasteiger partial charge in [0.05, 0.1) is 10.6 Å². The van der Waals surface area contributed by atoms with Crippen LogP contribution in [0.1, 0.15) is 24.5 Å². The standard InChI is InChI=1S/C18H17ClF3NO2/c1-3-16(25-13-6-4-5-11(2)9-13)17(24)23-12-7-8-15(19)14(10-12)18(20,21)22/h4-10,16H,3H2,1-2H3,(H,23,24)/t16-/m0/s1. The van der Waals surface area contributed by atoms with Crippen LogP contribution < -0.4 is 10.1 Å². The molecule has 7 heteroatoms. The van der Waals surface area contributed by atoms with Crippen LogP contribution in [0.3, 0.4) is 0 Å². The van der Waals surface area contributed by atoms with E-state index in [1.54, 1.807) is 25.1 Å². The summed E-state index contributed by atoms with van der Waals surface area (Å²) in [6, 6.07) is 10.4. The van der Waals surface area contributed by atoms with Gasteiger partial charge in [0.25, 0.3) is 5.91 Å². The van der Waals surface area contributed by atoms with Gasteiger partial charge in [0.2, 0.25) is 0 Å². The molecule has 0 bridgehead atoms. The Balaban J connectivity index is 2.14. The number of hydrogen-bond donors (Lipinski definition) is 1. The number of halogens is 4. The van der Waals surface area contributed by atoms with Crippen molar-refractivity contribution >= 4 is 23.2 Å². The number of carbonyl (C=O) groups excluding carboxylic acids is 1. The lowest BCUT2D eigenvalue weighted by molar-refractivity contribution is -0.137. The highest BCUT2D eigenvalue weighted by Gasteiger charge is 2.33. The Morgan fingerprint density at radius 3 is 2.56 bits per heavy atom. The van der Waals surface area contributed by atoms with E-state index in [9.17, 15) is 18.0 Å². The molecule has 0 unspecified atom stereocenters. The summed E-state index contributed by atoms with van der Waals surface area (Å²) >= 11 is 5.57. The number of amides is 1. The normalized spacial score (nSPS) is 12.6. The van der Waals surface area contributed by atoms with Crippen LogP contribution in [0.5, 0.6) is 5.75 Å². The van der Waals surface area contributed by atoms with Gasteiger partial charge in [0.1, 0.15) is 5.75 Å². The Hall–Kier alpha value is -2.21. The van der Waals surface area contributed by atoms with E-state index in [0.29, 0.717) is 12.2 Å². The van der Waals surface area contributed by atoms with E-state index in [0.717, 1.165) is 17.7 Å². The maximum atomic E-state index is 12.9. The second kappa shape index (κ2) is 7.78. The summed E-state index contributed by atoms with van der Waals surface area (Å²) in [5.74, 6) is -0.00598. The van der Waals surface area contributed by atoms with Crippen LogP contribution >= 0.6 is 11.6 Å². The quantitative estimate of drug-likeness (QED) is 0.757. The summed E-state index contributed by atoms with van der Waals surface area (Å²) in [4.78, 5) is 12.3. The van der Waals surface area contributed by atoms with Crippen LogP contribution in [0.4, 0.5) is 18.9 Å². The zero-order chi connectivity index (χ0) is 18.6. The van der Waals surface area contributed by atoms with Crippen molar-refractivity contribution < 1.29 is 22.7 Å². The first-order chi connectivity index (χ1) is 11.7. The second-order valence-corrected chi connectivity index (χ2v) is 5.92. The highest BCUT2D eigenvalue weighted by Crippen LogP contribution is 2.36. The fourth-order valence-corrected chi connectivity index (χ4v) is 2.44. The Labute approximate surface area is 148 Å². The fourth-order valence-electron chi connectivity index (χ4n) is 2.22. The number of hydrogen-bond acceptors (Lipinski definition) is 2. The molecule has 2 rings (SSSR count). The van der Waals surface area contributed by atoms with Crippen LogP contribution in [-0.4, -0.2) is 12.0 Å². The smallest absolute Gasteiger partial charge is 0.417 e. The molecule has 0 saturated carbocycles. The van der Waals surface area contributed by atoms with Crippen molar-refractivity contribution in [3.8, 4) is 5.75 Å². The molecular formula is C18H17ClF3NO2. The Bertz CT molecular complexity index is 762. The minimum atomic E-state index is -4.60. The van der Waals surface area contributed by atoms with Gasteiger partial charge in [0, 0.05) is 5.69 Å². The number of benzene rings is 2. The molecule has 1 atom stereocenters. The summed E-state index contributed by atoms with van der Waals surface area (Å²) in [5, 5.41) is 2.02. The van der Waals surface area contributed by atoms with Gasteiger partial charge in [-0.05, 0) is 49.2 Å². The SMILES string of the molecule is CC[C@H](Oc1cccc(C)c1)C(=O)Nc1ccc(Cl)c(C(F)(F)F)c1. The number of carbonyl (C=O) groups is 1. The molecule has 0 heterocycles. The third kappa shape index (κ3) is 5.13. The maximum Gasteiger partial charge on any atom is 0.417 e. The van der Waals surface area contributed by atoms with E-state index in [2.05, 4.69) is 5.32 Å². The summed E-state index contributed by atoms with van der Waals surface area (Å²) in [6.45, 7) is 3.64. The number of anilines is 1. The average Bonchev–Trinajstić information content (AvgIpc) is 2.53. The van der Waals surface area contributed by atoms with Crippen LogP contribution in [-0.2, 0) is 11.0 Å². The van der Waals surface area contributed by atoms with Crippen LogP contribution in [0, 0.1) is 6.92 Å². The van der Waals surface area contributed by atoms with E-state index in [4.69, 9.17) is 16.3 Å². The van der Waals surface area contributed by atoms with E-state index in [1.165, 1.54) is 6.07 Å². The molecule has 0 aliphatic heterocycles. The number of ether oxygens (including phenoxy) is 1. The van der Waals surface area contributed by atoms with Gasteiger partial charge in [-0.1, -0.05) is 30.7 Å². The van der Waals surface area contributed by atoms with E-state index >= 15 is 0 Å². The number of rotatable bonds is 5. The van der Waals surface area contributed by atoms with Gasteiger partial charge in [-0.25, -0.2) is 0 Å². The Morgan fingerprint density at radius 2 is 1.96 bits per heavy atom. The molecule has 0 fully saturated rings. The second-order valence-electron chi connectivity index (χ2n) is 5.51. The van der Waals surface area contributed by atoms with Gasteiger partial charge in [-0.15, -0.1) is 0 Å². The summed E-state index contributed by atoms with van der Waals surface area (Å²) in [6.07, 6.45) is -5.06. The molecule has 134 valence electrons. The number of aryl methyl sites for hydroxylation is 1. The van der Waals surface area contributed by atoms with Crippen molar-refractivity contribution in [2.24, 2.45) is 0 Å². The Kier molecular flexibility index (Phi) is 5.95. The summed E-state index contributed by atoms with van der Waals surface area (Å²) in [5.41, 5.74) is -0.0204. The van der Waals surface area contributed by atoms with Crippen molar-refractivity contribution in [1.29, 1.82) is 0 Å². The van der Waals surface area contributed by atoms with Crippen LogP contribution in [0.15, 0.2) is 42.5 Å². The zero-order valence-electron chi connectivity index (χ0n) is 13.7. The molecule has 25 heavy (non-hydrogen) atoms. The highest BCUT2D eigenvalue weighted by molar-refractivity contribution is 6.31. The zero-order valence-corrected chi connectivity index (χ0v) is 14.4. The van der Waals surface area contributed by atoms with E-state index in [-0.39, 0.29) is 5.69 Å². The molecule has 1 amide bonds. The molecule has 2 aromatic rings. The lowest BCUT2D eigenvalue weighted by atomic mass is 10.1. The van der Waals surface area contributed by atoms with Crippen molar-refractivity contribution in [3.63, 3.8) is 0 Å². The monoisotopic (exact) mass is 371 g/mol. The average molecular weight is 372 g/mol. The van der Waals surface area contributed by atoms with Crippen LogP contribution in [0.2, 0.25) is 5.02 Å². The fraction of sp³-hybridized carbons (Fsp3) is 0.278. The van der Waals surface area contributed by atoms with E-state index < -0.39 is 28.8 Å². The molecular weight excluding hydrogens is 355 g/mol. The Morgan fingerprint density at radius 1 is 1.24 bits per heavy atom. The van der Waals surface area contributed by atoms with Crippen LogP contribution in [0.25, 0.3) is 0 Å². The first-order valence-electron chi connectivity index (χ1n) is 7.61. The highest BCUT2D eigenvalue weighted by atomic mass is 35.5. The molecule has 0 aliphatic carbocycles. The van der Waals surface area contributed by atoms with Crippen molar-refractivity contribution in [3.05, 3.63) is 58.6 Å². The third-order valence-corrected chi connectivity index (χ3v) is 3.80. The molecule has 0 aliphatic rings. The minimum Gasteiger partial charge on any atom is -0.481 e. The molecule has 0 saturated heterocycles. The lowest BCUT2D eigenvalue weighted by Crippen LogP contribution is -2.32. The van der Waals surface area contributed by atoms with E-state index in [1.807, 2.05) is 13.0 Å². The summed E-state index contributed by atoms with van der Waals surface area (Å²) < 4.78 is 44.3. The molecule has 3 nitrogen and oxygen atoms in total. The van der Waals surface area contributed by atoms with Crippen molar-refractivity contribution in [2.75, 3.05) is 5.32 Å². The third-order valence-electron chi connectivity index (χ3n) is 3.47. The van der Waals surface area contributed by atoms with Gasteiger partial charge in [0.15, 0.2) is 6.10 Å². The first-order valence-corrected chi connectivity index (χ1v) is 7.99. The summed E-state index contributed by atoms with van der Waals surface area (Å²) in [7, 11) is 0. The lowest BCUT2D eigenvalue weighted by Gasteiger charge is -2.18. The molecule has 1 N–H and O–H groups in total. The van der Waals surface area contributed by atoms with Gasteiger partial charge >= 0.3 is 6.18 Å². The molecule has 0 aromatic heterocycles. The van der Waals surface area contributed by atoms with Gasteiger partial charge in [-0.3, -0.25) is 4.79 Å². The molecule has 2 aromatic carbocycles. The number of nitrogens with one attached hydrogen (secondary N) is 1. The first kappa shape index (κ1) is 19.1. The molecule has 0 radical (unpaired) electrons. The topological polar surface area (TPSA) is 38.3 Å². The molecule has 0 spiro atoms. The predicted octanol–water partition coefficient (Wildman–Crippen LogP) is 5.46. The maximum absolute atomic E-state index is 12.9.